The molecule has 0 aliphatic carbocycles. The second-order valence-corrected chi connectivity index (χ2v) is 6.91. The number of nitrogens with one attached hydrogen (secondary N) is 1. The van der Waals surface area contributed by atoms with Crippen LogP contribution in [-0.4, -0.2) is 49.6 Å². The van der Waals surface area contributed by atoms with Crippen molar-refractivity contribution in [1.29, 1.82) is 0 Å². The minimum Gasteiger partial charge on any atom is -0.467 e. The summed E-state index contributed by atoms with van der Waals surface area (Å²) in [6, 6.07) is -0.540. The highest BCUT2D eigenvalue weighted by molar-refractivity contribution is 5.85. The zero-order chi connectivity index (χ0) is 16.0. The number of methoxy groups -OCH3 is 1. The van der Waals surface area contributed by atoms with Crippen LogP contribution in [0, 0.1) is 17.8 Å². The summed E-state index contributed by atoms with van der Waals surface area (Å²) in [4.78, 5) is 26.1. The van der Waals surface area contributed by atoms with Gasteiger partial charge in [-0.05, 0) is 30.6 Å². The van der Waals surface area contributed by atoms with Crippen LogP contribution in [0.25, 0.3) is 0 Å². The number of nitrogens with zero attached hydrogens (tertiary/aromatic N) is 1. The number of esters is 1. The molecule has 3 atom stereocenters. The average molecular weight is 298 g/mol. The summed E-state index contributed by atoms with van der Waals surface area (Å²) in [5.41, 5.74) is 0. The molecule has 3 unspecified atom stereocenters. The zero-order valence-corrected chi connectivity index (χ0v) is 14.0. The maximum absolute atomic E-state index is 12.2. The van der Waals surface area contributed by atoms with Gasteiger partial charge in [-0.1, -0.05) is 27.7 Å². The number of amides is 1. The summed E-state index contributed by atoms with van der Waals surface area (Å²) in [5.74, 6) is 1.11. The van der Waals surface area contributed by atoms with Gasteiger partial charge < -0.3 is 10.1 Å². The van der Waals surface area contributed by atoms with Crippen molar-refractivity contribution in [3.63, 3.8) is 0 Å². The normalized spacial score (nSPS) is 24.7. The van der Waals surface area contributed by atoms with E-state index in [0.717, 1.165) is 13.1 Å². The van der Waals surface area contributed by atoms with E-state index in [2.05, 4.69) is 24.1 Å². The molecule has 1 heterocycles. The third-order valence-electron chi connectivity index (χ3n) is 3.84. The van der Waals surface area contributed by atoms with Crippen molar-refractivity contribution in [3.8, 4) is 0 Å². The first-order chi connectivity index (χ1) is 9.81. The van der Waals surface area contributed by atoms with Crippen molar-refractivity contribution >= 4 is 11.9 Å². The van der Waals surface area contributed by atoms with Crippen LogP contribution in [0.15, 0.2) is 0 Å². The molecule has 122 valence electrons. The van der Waals surface area contributed by atoms with E-state index in [1.54, 1.807) is 0 Å². The van der Waals surface area contributed by atoms with Crippen LogP contribution in [0.5, 0.6) is 0 Å². The molecule has 0 bridgehead atoms. The smallest absolute Gasteiger partial charge is 0.328 e. The number of piperidine rings is 1. The monoisotopic (exact) mass is 298 g/mol. The van der Waals surface area contributed by atoms with Crippen molar-refractivity contribution < 1.29 is 14.3 Å². The largest absolute Gasteiger partial charge is 0.467 e. The predicted molar refractivity (Wildman–Crippen MR) is 82.8 cm³/mol. The van der Waals surface area contributed by atoms with Crippen LogP contribution in [0.4, 0.5) is 0 Å². The van der Waals surface area contributed by atoms with Crippen molar-refractivity contribution in [3.05, 3.63) is 0 Å². The first-order valence-electron chi connectivity index (χ1n) is 7.91. The van der Waals surface area contributed by atoms with Crippen molar-refractivity contribution in [1.82, 2.24) is 10.2 Å². The Morgan fingerprint density at radius 3 is 2.29 bits per heavy atom. The van der Waals surface area contributed by atoms with Crippen LogP contribution < -0.4 is 5.32 Å². The molecule has 1 N–H and O–H groups in total. The SMILES string of the molecule is COC(=O)C(CC(C)C)NC(=O)CN1CC(C)CC(C)C1. The van der Waals surface area contributed by atoms with Crippen LogP contribution in [0.3, 0.4) is 0 Å². The fourth-order valence-corrected chi connectivity index (χ4v) is 3.19. The summed E-state index contributed by atoms with van der Waals surface area (Å²) in [6.45, 7) is 10.7. The Hall–Kier alpha value is -1.10. The Morgan fingerprint density at radius 2 is 1.81 bits per heavy atom. The van der Waals surface area contributed by atoms with Gasteiger partial charge in [0.05, 0.1) is 13.7 Å². The van der Waals surface area contributed by atoms with E-state index in [1.807, 2.05) is 13.8 Å². The average Bonchev–Trinajstić information content (AvgIpc) is 2.34. The molecule has 0 aromatic carbocycles. The minimum absolute atomic E-state index is 0.0904. The number of carbonyl (C=O) groups is 2. The van der Waals surface area contributed by atoms with Gasteiger partial charge in [0, 0.05) is 13.1 Å². The molecule has 0 spiro atoms. The standard InChI is InChI=1S/C16H30N2O3/c1-11(2)6-14(16(20)21-5)17-15(19)10-18-8-12(3)7-13(4)9-18/h11-14H,6-10H2,1-5H3,(H,17,19). The second kappa shape index (κ2) is 8.37. The van der Waals surface area contributed by atoms with Gasteiger partial charge in [-0.2, -0.15) is 0 Å². The first-order valence-corrected chi connectivity index (χ1v) is 7.91. The summed E-state index contributed by atoms with van der Waals surface area (Å²) in [5, 5.41) is 2.82. The van der Waals surface area contributed by atoms with Crippen molar-refractivity contribution in [2.24, 2.45) is 17.8 Å². The maximum Gasteiger partial charge on any atom is 0.328 e. The summed E-state index contributed by atoms with van der Waals surface area (Å²) in [7, 11) is 1.36. The molecule has 1 saturated heterocycles. The molecule has 0 saturated carbocycles. The highest BCUT2D eigenvalue weighted by Crippen LogP contribution is 2.20. The van der Waals surface area contributed by atoms with Gasteiger partial charge in [-0.3, -0.25) is 9.69 Å². The summed E-state index contributed by atoms with van der Waals surface area (Å²) in [6.07, 6.45) is 1.82. The van der Waals surface area contributed by atoms with Gasteiger partial charge in [0.1, 0.15) is 6.04 Å². The minimum atomic E-state index is -0.540. The van der Waals surface area contributed by atoms with Gasteiger partial charge in [0.25, 0.3) is 0 Å². The van der Waals surface area contributed by atoms with Gasteiger partial charge in [-0.25, -0.2) is 4.79 Å². The highest BCUT2D eigenvalue weighted by atomic mass is 16.5. The molecule has 0 aromatic heterocycles. The molecule has 0 radical (unpaired) electrons. The molecular formula is C16H30N2O3. The number of ether oxygens (including phenoxy) is 1. The molecule has 1 aliphatic rings. The van der Waals surface area contributed by atoms with Crippen LogP contribution in [-0.2, 0) is 14.3 Å². The second-order valence-electron chi connectivity index (χ2n) is 6.91. The fraction of sp³-hybridized carbons (Fsp3) is 0.875. The number of likely N-dealkylation sites (tertiary alicyclic amines) is 1. The van der Waals surface area contributed by atoms with Gasteiger partial charge in [-0.15, -0.1) is 0 Å². The number of carbonyl (C=O) groups excluding carboxylic acids is 2. The molecule has 5 nitrogen and oxygen atoms in total. The van der Waals surface area contributed by atoms with E-state index >= 15 is 0 Å². The van der Waals surface area contributed by atoms with Crippen molar-refractivity contribution in [2.75, 3.05) is 26.7 Å². The van der Waals surface area contributed by atoms with Crippen LogP contribution >= 0.6 is 0 Å². The lowest BCUT2D eigenvalue weighted by atomic mass is 9.92. The van der Waals surface area contributed by atoms with Crippen LogP contribution in [0.2, 0.25) is 0 Å². The topological polar surface area (TPSA) is 58.6 Å². The molecule has 1 fully saturated rings. The molecule has 0 aromatic rings. The lowest BCUT2D eigenvalue weighted by Crippen LogP contribution is -2.49. The van der Waals surface area contributed by atoms with E-state index < -0.39 is 6.04 Å². The maximum atomic E-state index is 12.2. The van der Waals surface area contributed by atoms with Gasteiger partial charge in [0.2, 0.25) is 5.91 Å². The van der Waals surface area contributed by atoms with Gasteiger partial charge >= 0.3 is 5.97 Å². The third kappa shape index (κ3) is 6.46. The zero-order valence-electron chi connectivity index (χ0n) is 14.0. The van der Waals surface area contributed by atoms with E-state index in [1.165, 1.54) is 13.5 Å². The summed E-state index contributed by atoms with van der Waals surface area (Å²) >= 11 is 0. The quantitative estimate of drug-likeness (QED) is 0.758. The predicted octanol–water partition coefficient (Wildman–Crippen LogP) is 1.67. The Morgan fingerprint density at radius 1 is 1.24 bits per heavy atom. The Kier molecular flexibility index (Phi) is 7.15. The Labute approximate surface area is 128 Å². The lowest BCUT2D eigenvalue weighted by Gasteiger charge is -2.34. The molecule has 1 aliphatic heterocycles. The third-order valence-corrected chi connectivity index (χ3v) is 3.84. The Bertz CT molecular complexity index is 347. The lowest BCUT2D eigenvalue weighted by molar-refractivity contribution is -0.145. The van der Waals surface area contributed by atoms with E-state index in [0.29, 0.717) is 30.7 Å². The molecule has 1 rings (SSSR count). The number of hydrogen-bond donors (Lipinski definition) is 1. The Balaban J connectivity index is 2.51. The first kappa shape index (κ1) is 18.0. The number of rotatable bonds is 6. The molecule has 5 heteroatoms. The summed E-state index contributed by atoms with van der Waals surface area (Å²) < 4.78 is 4.77. The van der Waals surface area contributed by atoms with Crippen LogP contribution in [0.1, 0.15) is 40.5 Å². The molecular weight excluding hydrogens is 268 g/mol. The van der Waals surface area contributed by atoms with Crippen molar-refractivity contribution in [2.45, 2.75) is 46.6 Å². The van der Waals surface area contributed by atoms with Gasteiger partial charge in [0.15, 0.2) is 0 Å². The van der Waals surface area contributed by atoms with E-state index in [-0.39, 0.29) is 11.9 Å². The molecule has 1 amide bonds. The number of hydrogen-bond acceptors (Lipinski definition) is 4. The molecule has 21 heavy (non-hydrogen) atoms. The highest BCUT2D eigenvalue weighted by Gasteiger charge is 2.26. The van der Waals surface area contributed by atoms with E-state index in [4.69, 9.17) is 4.74 Å². The van der Waals surface area contributed by atoms with E-state index in [9.17, 15) is 9.59 Å². The fourth-order valence-electron chi connectivity index (χ4n) is 3.19.